The third kappa shape index (κ3) is 4.21. The van der Waals surface area contributed by atoms with Crippen LogP contribution >= 0.6 is 0 Å². The molecule has 0 radical (unpaired) electrons. The standard InChI is InChI=1S/C30H26N4O2S/c35-37(36,29-25(21-13-5-1-6-14-21)31-32-26(29)22-15-7-2-8-16-22)30-27(23-17-9-3-10-18-23)33-34-28(30)24-19-11-4-12-20-24/h1-20,25,27,29-31,33H. The first kappa shape index (κ1) is 23.2. The van der Waals surface area contributed by atoms with Gasteiger partial charge < -0.3 is 10.9 Å². The average molecular weight is 507 g/mol. The second-order valence-corrected chi connectivity index (χ2v) is 11.4. The summed E-state index contributed by atoms with van der Waals surface area (Å²) in [5, 5.41) is 7.38. The summed E-state index contributed by atoms with van der Waals surface area (Å²) in [7, 11) is -3.91. The zero-order valence-electron chi connectivity index (χ0n) is 20.0. The van der Waals surface area contributed by atoms with Gasteiger partial charge in [-0.15, -0.1) is 0 Å². The highest BCUT2D eigenvalue weighted by Crippen LogP contribution is 2.38. The van der Waals surface area contributed by atoms with Crippen LogP contribution in [0.5, 0.6) is 0 Å². The summed E-state index contributed by atoms with van der Waals surface area (Å²) in [5.74, 6) is 0. The van der Waals surface area contributed by atoms with Gasteiger partial charge in [0.05, 0.1) is 23.5 Å². The highest BCUT2D eigenvalue weighted by molar-refractivity contribution is 7.94. The molecule has 6 nitrogen and oxygen atoms in total. The van der Waals surface area contributed by atoms with Crippen molar-refractivity contribution in [3.63, 3.8) is 0 Å². The molecular weight excluding hydrogens is 480 g/mol. The number of nitrogens with zero attached hydrogens (tertiary/aromatic N) is 2. The molecule has 0 spiro atoms. The topological polar surface area (TPSA) is 82.9 Å². The Morgan fingerprint density at radius 1 is 0.486 bits per heavy atom. The van der Waals surface area contributed by atoms with E-state index in [4.69, 9.17) is 0 Å². The van der Waals surface area contributed by atoms with Crippen molar-refractivity contribution in [2.45, 2.75) is 22.6 Å². The predicted octanol–water partition coefficient (Wildman–Crippen LogP) is 4.64. The van der Waals surface area contributed by atoms with Gasteiger partial charge >= 0.3 is 0 Å². The Bertz CT molecular complexity index is 1430. The molecule has 4 aromatic carbocycles. The molecule has 0 bridgehead atoms. The van der Waals surface area contributed by atoms with E-state index in [9.17, 15) is 8.42 Å². The fourth-order valence-corrected chi connectivity index (χ4v) is 7.71. The Labute approximate surface area is 216 Å². The summed E-state index contributed by atoms with van der Waals surface area (Å²) in [6.07, 6.45) is 0. The van der Waals surface area contributed by atoms with Crippen LogP contribution in [0.2, 0.25) is 0 Å². The number of benzene rings is 4. The number of sulfone groups is 1. The number of rotatable bonds is 6. The van der Waals surface area contributed by atoms with E-state index in [1.54, 1.807) is 0 Å². The van der Waals surface area contributed by atoms with Gasteiger partial charge in [0.2, 0.25) is 0 Å². The van der Waals surface area contributed by atoms with Crippen LogP contribution in [0, 0.1) is 0 Å². The molecule has 0 saturated carbocycles. The van der Waals surface area contributed by atoms with Crippen molar-refractivity contribution < 1.29 is 8.42 Å². The van der Waals surface area contributed by atoms with Crippen LogP contribution in [0.15, 0.2) is 132 Å². The minimum atomic E-state index is -3.91. The first-order chi connectivity index (χ1) is 18.1. The van der Waals surface area contributed by atoms with Crippen LogP contribution in [0.3, 0.4) is 0 Å². The molecule has 4 unspecified atom stereocenters. The number of hydrogen-bond acceptors (Lipinski definition) is 6. The van der Waals surface area contributed by atoms with Crippen molar-refractivity contribution in [2.24, 2.45) is 10.2 Å². The molecule has 6 rings (SSSR count). The second kappa shape index (κ2) is 9.67. The van der Waals surface area contributed by atoms with Crippen molar-refractivity contribution in [3.05, 3.63) is 144 Å². The quantitative estimate of drug-likeness (QED) is 0.399. The molecule has 7 heteroatoms. The maximum absolute atomic E-state index is 14.9. The predicted molar refractivity (Wildman–Crippen MR) is 147 cm³/mol. The summed E-state index contributed by atoms with van der Waals surface area (Å²) in [6.45, 7) is 0. The number of hydrogen-bond donors (Lipinski definition) is 2. The van der Waals surface area contributed by atoms with Crippen molar-refractivity contribution in [3.8, 4) is 0 Å². The molecule has 2 aliphatic rings. The zero-order valence-corrected chi connectivity index (χ0v) is 20.8. The maximum atomic E-state index is 14.9. The van der Waals surface area contributed by atoms with Crippen LogP contribution in [-0.2, 0) is 9.84 Å². The first-order valence-corrected chi connectivity index (χ1v) is 13.9. The molecule has 2 heterocycles. The molecule has 2 N–H and O–H groups in total. The minimum Gasteiger partial charge on any atom is -0.301 e. The van der Waals surface area contributed by atoms with Gasteiger partial charge in [0.15, 0.2) is 9.84 Å². The number of nitrogens with one attached hydrogen (secondary N) is 2. The third-order valence-corrected chi connectivity index (χ3v) is 9.36. The molecule has 37 heavy (non-hydrogen) atoms. The van der Waals surface area contributed by atoms with Crippen molar-refractivity contribution >= 4 is 21.3 Å². The van der Waals surface area contributed by atoms with Crippen LogP contribution < -0.4 is 10.9 Å². The highest BCUT2D eigenvalue weighted by atomic mass is 32.2. The first-order valence-electron chi connectivity index (χ1n) is 12.2. The van der Waals surface area contributed by atoms with E-state index in [0.29, 0.717) is 11.4 Å². The minimum absolute atomic E-state index is 0.514. The fourth-order valence-electron chi connectivity index (χ4n) is 5.20. The van der Waals surface area contributed by atoms with Gasteiger partial charge in [-0.1, -0.05) is 121 Å². The van der Waals surface area contributed by atoms with Crippen molar-refractivity contribution in [1.82, 2.24) is 10.9 Å². The van der Waals surface area contributed by atoms with Crippen LogP contribution in [-0.4, -0.2) is 30.3 Å². The third-order valence-electron chi connectivity index (χ3n) is 6.96. The lowest BCUT2D eigenvalue weighted by molar-refractivity contribution is 0.538. The van der Waals surface area contributed by atoms with Crippen LogP contribution in [0.25, 0.3) is 0 Å². The molecule has 4 atom stereocenters. The lowest BCUT2D eigenvalue weighted by Gasteiger charge is -2.28. The summed E-state index contributed by atoms with van der Waals surface area (Å²) in [6, 6.07) is 37.3. The second-order valence-electron chi connectivity index (χ2n) is 9.19. The SMILES string of the molecule is O=S(=O)(C1C(c2ccccc2)=NNC1c1ccccc1)C1C(c2ccccc2)=NNC1c1ccccc1. The van der Waals surface area contributed by atoms with E-state index >= 15 is 0 Å². The smallest absolute Gasteiger partial charge is 0.172 e. The molecule has 4 aromatic rings. The molecule has 184 valence electrons. The highest BCUT2D eigenvalue weighted by Gasteiger charge is 2.52. The van der Waals surface area contributed by atoms with Gasteiger partial charge in [-0.2, -0.15) is 10.2 Å². The van der Waals surface area contributed by atoms with Gasteiger partial charge in [0.25, 0.3) is 0 Å². The van der Waals surface area contributed by atoms with Crippen molar-refractivity contribution in [2.75, 3.05) is 0 Å². The Kier molecular flexibility index (Phi) is 6.06. The van der Waals surface area contributed by atoms with E-state index in [1.165, 1.54) is 0 Å². The Morgan fingerprint density at radius 3 is 1.16 bits per heavy atom. The maximum Gasteiger partial charge on any atom is 0.172 e. The summed E-state index contributed by atoms with van der Waals surface area (Å²) in [4.78, 5) is 0. The van der Waals surface area contributed by atoms with Crippen molar-refractivity contribution in [1.29, 1.82) is 0 Å². The summed E-state index contributed by atoms with van der Waals surface area (Å²) in [5.41, 5.74) is 10.6. The lowest BCUT2D eigenvalue weighted by Crippen LogP contribution is -2.46. The van der Waals surface area contributed by atoms with Gasteiger partial charge in [-0.05, 0) is 22.3 Å². The molecule has 0 fully saturated rings. The molecule has 0 saturated heterocycles. The zero-order chi connectivity index (χ0) is 25.2. The van der Waals surface area contributed by atoms with E-state index in [-0.39, 0.29) is 0 Å². The Balaban J connectivity index is 1.51. The van der Waals surface area contributed by atoms with E-state index in [0.717, 1.165) is 22.3 Å². The molecule has 2 aliphatic heterocycles. The largest absolute Gasteiger partial charge is 0.301 e. The lowest BCUT2D eigenvalue weighted by atomic mass is 9.98. The number of hydrazone groups is 2. The summed E-state index contributed by atoms with van der Waals surface area (Å²) < 4.78 is 29.9. The normalized spacial score (nSPS) is 23.0. The molecular formula is C30H26N4O2S. The van der Waals surface area contributed by atoms with E-state index in [2.05, 4.69) is 21.1 Å². The van der Waals surface area contributed by atoms with E-state index in [1.807, 2.05) is 121 Å². The van der Waals surface area contributed by atoms with Crippen LogP contribution in [0.4, 0.5) is 0 Å². The Morgan fingerprint density at radius 2 is 0.811 bits per heavy atom. The average Bonchev–Trinajstić information content (AvgIpc) is 3.62. The van der Waals surface area contributed by atoms with Gasteiger partial charge in [0, 0.05) is 0 Å². The summed E-state index contributed by atoms with van der Waals surface area (Å²) >= 11 is 0. The van der Waals surface area contributed by atoms with Gasteiger partial charge in [0.1, 0.15) is 10.5 Å². The Hall–Kier alpha value is -4.23. The fraction of sp³-hybridized carbons (Fsp3) is 0.133. The van der Waals surface area contributed by atoms with E-state index < -0.39 is 32.4 Å². The monoisotopic (exact) mass is 506 g/mol. The van der Waals surface area contributed by atoms with Crippen LogP contribution in [0.1, 0.15) is 34.3 Å². The van der Waals surface area contributed by atoms with Gasteiger partial charge in [-0.3, -0.25) is 0 Å². The molecule has 0 aromatic heterocycles. The molecule has 0 amide bonds. The molecule has 0 aliphatic carbocycles. The van der Waals surface area contributed by atoms with Gasteiger partial charge in [-0.25, -0.2) is 8.42 Å².